The van der Waals surface area contributed by atoms with Crippen molar-refractivity contribution in [2.24, 2.45) is 0 Å². The second-order valence-corrected chi connectivity index (χ2v) is 6.45. The zero-order chi connectivity index (χ0) is 18.5. The van der Waals surface area contributed by atoms with Gasteiger partial charge in [-0.25, -0.2) is 0 Å². The zero-order valence-electron chi connectivity index (χ0n) is 14.3. The molecule has 3 N–H and O–H groups in total. The topological polar surface area (TPSA) is 122 Å². The first-order chi connectivity index (χ1) is 11.0. The van der Waals surface area contributed by atoms with Crippen molar-refractivity contribution in [2.45, 2.75) is 45.8 Å². The summed E-state index contributed by atoms with van der Waals surface area (Å²) in [5.41, 5.74) is -1.10. The Hall–Kier alpha value is -1.97. The van der Waals surface area contributed by atoms with Gasteiger partial charge in [0.2, 0.25) is 0 Å². The number of hydrogen-bond donors (Lipinski definition) is 3. The number of nitro benzene ring substituents is 1. The third kappa shape index (κ3) is 6.27. The largest absolute Gasteiger partial charge is 0.488 e. The number of amides is 1. The summed E-state index contributed by atoms with van der Waals surface area (Å²) >= 11 is 0. The molecule has 24 heavy (non-hydrogen) atoms. The molecule has 1 amide bonds. The lowest BCUT2D eigenvalue weighted by Crippen LogP contribution is -2.44. The van der Waals surface area contributed by atoms with Crippen molar-refractivity contribution in [3.63, 3.8) is 0 Å². The van der Waals surface area contributed by atoms with Gasteiger partial charge in [-0.2, -0.15) is 0 Å². The van der Waals surface area contributed by atoms with E-state index in [0.717, 1.165) is 12.1 Å². The number of rotatable bonds is 8. The van der Waals surface area contributed by atoms with Gasteiger partial charge in [0.15, 0.2) is 0 Å². The molecule has 0 aliphatic carbocycles. The summed E-state index contributed by atoms with van der Waals surface area (Å²) in [6, 6.07) is 3.33. The minimum absolute atomic E-state index is 0.00912. The molecule has 0 spiro atoms. The van der Waals surface area contributed by atoms with Crippen molar-refractivity contribution >= 4 is 24.2 Å². The van der Waals surface area contributed by atoms with Crippen molar-refractivity contribution < 1.29 is 24.5 Å². The van der Waals surface area contributed by atoms with Gasteiger partial charge >= 0.3 is 7.12 Å². The third-order valence-corrected chi connectivity index (χ3v) is 3.34. The molecule has 0 fully saturated rings. The molecule has 0 aromatic heterocycles. The normalized spacial score (nSPS) is 11.5. The van der Waals surface area contributed by atoms with Crippen molar-refractivity contribution in [2.75, 3.05) is 6.61 Å². The van der Waals surface area contributed by atoms with E-state index in [1.165, 1.54) is 6.07 Å². The molecule has 0 saturated heterocycles. The molecule has 132 valence electrons. The Bertz CT molecular complexity index is 604. The van der Waals surface area contributed by atoms with Crippen LogP contribution >= 0.6 is 0 Å². The predicted octanol–water partition coefficient (Wildman–Crippen LogP) is 0.598. The number of benzene rings is 1. The van der Waals surface area contributed by atoms with E-state index in [1.54, 1.807) is 0 Å². The van der Waals surface area contributed by atoms with E-state index in [4.69, 9.17) is 4.74 Å². The van der Waals surface area contributed by atoms with Crippen LogP contribution in [0.2, 0.25) is 0 Å². The lowest BCUT2D eigenvalue weighted by atomic mass is 9.79. The molecule has 0 unspecified atom stereocenters. The molecule has 0 bridgehead atoms. The Labute approximate surface area is 141 Å². The molecular formula is C15H23BN2O6. The van der Waals surface area contributed by atoms with Crippen molar-refractivity contribution in [3.8, 4) is 0 Å². The average Bonchev–Trinajstić information content (AvgIpc) is 2.45. The maximum atomic E-state index is 12.4. The quantitative estimate of drug-likeness (QED) is 0.362. The van der Waals surface area contributed by atoms with Crippen LogP contribution in [-0.4, -0.2) is 46.2 Å². The van der Waals surface area contributed by atoms with Crippen molar-refractivity contribution in [1.82, 2.24) is 5.32 Å². The molecule has 0 radical (unpaired) electrons. The first kappa shape index (κ1) is 20.1. The van der Waals surface area contributed by atoms with E-state index in [2.05, 4.69) is 5.32 Å². The first-order valence-electron chi connectivity index (χ1n) is 7.61. The predicted molar refractivity (Wildman–Crippen MR) is 90.2 cm³/mol. The Morgan fingerprint density at radius 1 is 1.38 bits per heavy atom. The standard InChI is InChI=1S/C15H23BN2O6/c1-10(2)24-6-5-15(3,4)17-14(19)11-7-12(16(20)21)9-13(8-11)18(22)23/h7-10,20-21H,5-6H2,1-4H3,(H,17,19). The van der Waals surface area contributed by atoms with E-state index in [-0.39, 0.29) is 22.8 Å². The molecule has 0 aliphatic heterocycles. The summed E-state index contributed by atoms with van der Waals surface area (Å²) in [5.74, 6) is -0.532. The fourth-order valence-electron chi connectivity index (χ4n) is 2.01. The first-order valence-corrected chi connectivity index (χ1v) is 7.61. The summed E-state index contributed by atoms with van der Waals surface area (Å²) in [4.78, 5) is 22.6. The van der Waals surface area contributed by atoms with Crippen LogP contribution in [0.4, 0.5) is 5.69 Å². The summed E-state index contributed by atoms with van der Waals surface area (Å²) in [6.07, 6.45) is 0.642. The van der Waals surface area contributed by atoms with Crippen LogP contribution in [0.3, 0.4) is 0 Å². The summed E-state index contributed by atoms with van der Waals surface area (Å²) in [6.45, 7) is 7.91. The number of nitro groups is 1. The smallest absolute Gasteiger partial charge is 0.423 e. The van der Waals surface area contributed by atoms with Crippen LogP contribution in [0.15, 0.2) is 18.2 Å². The van der Waals surface area contributed by atoms with Crippen molar-refractivity contribution in [3.05, 3.63) is 33.9 Å². The van der Waals surface area contributed by atoms with Gasteiger partial charge in [-0.3, -0.25) is 14.9 Å². The summed E-state index contributed by atoms with van der Waals surface area (Å²) in [7, 11) is -1.90. The molecular weight excluding hydrogens is 315 g/mol. The number of non-ortho nitro benzene ring substituents is 1. The van der Waals surface area contributed by atoms with Gasteiger partial charge in [0.1, 0.15) is 0 Å². The minimum Gasteiger partial charge on any atom is -0.423 e. The monoisotopic (exact) mass is 338 g/mol. The Kier molecular flexibility index (Phi) is 6.88. The van der Waals surface area contributed by atoms with Crippen LogP contribution in [0.25, 0.3) is 0 Å². The number of hydrogen-bond acceptors (Lipinski definition) is 6. The Balaban J connectivity index is 2.91. The zero-order valence-corrected chi connectivity index (χ0v) is 14.3. The van der Waals surface area contributed by atoms with Crippen molar-refractivity contribution in [1.29, 1.82) is 0 Å². The second-order valence-electron chi connectivity index (χ2n) is 6.45. The van der Waals surface area contributed by atoms with E-state index in [9.17, 15) is 25.0 Å². The maximum absolute atomic E-state index is 12.4. The van der Waals surface area contributed by atoms with Gasteiger partial charge in [-0.15, -0.1) is 0 Å². The molecule has 9 heteroatoms. The number of carbonyl (C=O) groups excluding carboxylic acids is 1. The Morgan fingerprint density at radius 3 is 2.50 bits per heavy atom. The highest BCUT2D eigenvalue weighted by molar-refractivity contribution is 6.58. The van der Waals surface area contributed by atoms with Gasteiger partial charge < -0.3 is 20.1 Å². The van der Waals surface area contributed by atoms with E-state index >= 15 is 0 Å². The summed E-state index contributed by atoms with van der Waals surface area (Å²) < 4.78 is 5.46. The lowest BCUT2D eigenvalue weighted by Gasteiger charge is -2.26. The maximum Gasteiger partial charge on any atom is 0.488 e. The highest BCUT2D eigenvalue weighted by Crippen LogP contribution is 2.15. The SMILES string of the molecule is CC(C)OCCC(C)(C)NC(=O)c1cc(B(O)O)cc([N+](=O)[O-])c1. The van der Waals surface area contributed by atoms with Crippen LogP contribution in [0, 0.1) is 10.1 Å². The molecule has 0 aliphatic rings. The lowest BCUT2D eigenvalue weighted by molar-refractivity contribution is -0.384. The molecule has 0 heterocycles. The van der Waals surface area contributed by atoms with Crippen LogP contribution in [-0.2, 0) is 4.74 Å². The van der Waals surface area contributed by atoms with Crippen LogP contribution in [0.5, 0.6) is 0 Å². The number of nitrogens with zero attached hydrogens (tertiary/aromatic N) is 1. The molecule has 0 saturated carbocycles. The molecule has 0 atom stereocenters. The van der Waals surface area contributed by atoms with Crippen LogP contribution in [0.1, 0.15) is 44.5 Å². The van der Waals surface area contributed by atoms with Gasteiger partial charge in [-0.1, -0.05) is 0 Å². The fourth-order valence-corrected chi connectivity index (χ4v) is 2.01. The third-order valence-electron chi connectivity index (χ3n) is 3.34. The number of nitrogens with one attached hydrogen (secondary N) is 1. The average molecular weight is 338 g/mol. The van der Waals surface area contributed by atoms with Gasteiger partial charge in [0, 0.05) is 29.8 Å². The van der Waals surface area contributed by atoms with Gasteiger partial charge in [0.25, 0.3) is 11.6 Å². The Morgan fingerprint density at radius 2 is 2.00 bits per heavy atom. The molecule has 8 nitrogen and oxygen atoms in total. The summed E-state index contributed by atoms with van der Waals surface area (Å²) in [5, 5.41) is 32.2. The van der Waals surface area contributed by atoms with E-state index in [1.807, 2.05) is 27.7 Å². The number of carbonyl (C=O) groups is 1. The van der Waals surface area contributed by atoms with Gasteiger partial charge in [0.05, 0.1) is 11.0 Å². The molecule has 1 rings (SSSR count). The second kappa shape index (κ2) is 8.23. The fraction of sp³-hybridized carbons (Fsp3) is 0.533. The highest BCUT2D eigenvalue weighted by atomic mass is 16.6. The van der Waals surface area contributed by atoms with Gasteiger partial charge in [-0.05, 0) is 45.6 Å². The molecule has 1 aromatic rings. The molecule has 1 aromatic carbocycles. The van der Waals surface area contributed by atoms with E-state index < -0.39 is 23.5 Å². The van der Waals surface area contributed by atoms with E-state index in [0.29, 0.717) is 13.0 Å². The minimum atomic E-state index is -1.90. The highest BCUT2D eigenvalue weighted by Gasteiger charge is 2.24. The number of ether oxygens (including phenoxy) is 1. The van der Waals surface area contributed by atoms with Crippen LogP contribution < -0.4 is 10.8 Å².